The molecule has 7 nitrogen and oxygen atoms in total. The number of benzene rings is 2. The average molecular weight is 530 g/mol. The van der Waals surface area contributed by atoms with E-state index in [1.807, 2.05) is 39.8 Å². The van der Waals surface area contributed by atoms with Gasteiger partial charge in [0.25, 0.3) is 0 Å². The molecule has 1 amide bonds. The summed E-state index contributed by atoms with van der Waals surface area (Å²) in [4.78, 5) is 17.1. The molecule has 1 saturated heterocycles. The molecule has 5 rings (SSSR count). The first-order valence-corrected chi connectivity index (χ1v) is 13.6. The monoisotopic (exact) mass is 529 g/mol. The van der Waals surface area contributed by atoms with Gasteiger partial charge in [0, 0.05) is 23.8 Å². The maximum absolute atomic E-state index is 15.1. The Bertz CT molecular complexity index is 1480. The third-order valence-electron chi connectivity index (χ3n) is 7.22. The van der Waals surface area contributed by atoms with Crippen LogP contribution in [0.4, 0.5) is 10.1 Å². The van der Waals surface area contributed by atoms with Crippen LogP contribution < -0.4 is 15.4 Å². The lowest BCUT2D eigenvalue weighted by Crippen LogP contribution is -2.28. The summed E-state index contributed by atoms with van der Waals surface area (Å²) >= 11 is 0. The number of piperidine rings is 1. The van der Waals surface area contributed by atoms with E-state index in [4.69, 9.17) is 4.74 Å². The van der Waals surface area contributed by atoms with Crippen molar-refractivity contribution in [2.75, 3.05) is 18.4 Å². The van der Waals surface area contributed by atoms with Crippen LogP contribution in [0.15, 0.2) is 55.0 Å². The van der Waals surface area contributed by atoms with Crippen LogP contribution in [0.5, 0.6) is 11.5 Å². The van der Waals surface area contributed by atoms with E-state index in [0.29, 0.717) is 28.7 Å². The van der Waals surface area contributed by atoms with Crippen molar-refractivity contribution in [1.82, 2.24) is 20.1 Å². The maximum Gasteiger partial charge on any atom is 0.228 e. The quantitative estimate of drug-likeness (QED) is 0.300. The minimum Gasteiger partial charge on any atom is -0.456 e. The Morgan fingerprint density at radius 2 is 1.95 bits per heavy atom. The fourth-order valence-corrected chi connectivity index (χ4v) is 5.02. The molecule has 0 atom stereocenters. The van der Waals surface area contributed by atoms with Crippen molar-refractivity contribution >= 4 is 22.5 Å². The zero-order valence-electron chi connectivity index (χ0n) is 23.1. The Morgan fingerprint density at radius 1 is 1.15 bits per heavy atom. The number of carbonyl (C=O) groups excluding carboxylic acids is 1. The van der Waals surface area contributed by atoms with Crippen LogP contribution >= 0.6 is 0 Å². The second-order valence-corrected chi connectivity index (χ2v) is 11.4. The van der Waals surface area contributed by atoms with E-state index in [0.717, 1.165) is 36.0 Å². The molecule has 3 heterocycles. The van der Waals surface area contributed by atoms with Crippen molar-refractivity contribution in [3.05, 3.63) is 77.5 Å². The zero-order valence-corrected chi connectivity index (χ0v) is 23.1. The van der Waals surface area contributed by atoms with Gasteiger partial charge in [-0.1, -0.05) is 6.07 Å². The molecule has 0 aliphatic carbocycles. The summed E-state index contributed by atoms with van der Waals surface area (Å²) in [6.45, 7) is 10.1. The van der Waals surface area contributed by atoms with E-state index in [2.05, 4.69) is 32.8 Å². The predicted octanol–water partition coefficient (Wildman–Crippen LogP) is 6.15. The lowest BCUT2D eigenvalue weighted by atomic mass is 9.90. The van der Waals surface area contributed by atoms with Gasteiger partial charge in [0.1, 0.15) is 17.3 Å². The number of hydrogen-bond donors (Lipinski definition) is 2. The maximum atomic E-state index is 15.1. The number of halogens is 1. The number of rotatable bonds is 7. The summed E-state index contributed by atoms with van der Waals surface area (Å²) in [5, 5.41) is 11.4. The normalized spacial score (nSPS) is 14.5. The summed E-state index contributed by atoms with van der Waals surface area (Å²) in [6.07, 6.45) is 8.36. The van der Waals surface area contributed by atoms with Gasteiger partial charge < -0.3 is 15.4 Å². The van der Waals surface area contributed by atoms with Crippen LogP contribution in [0.1, 0.15) is 50.3 Å². The van der Waals surface area contributed by atoms with Gasteiger partial charge in [-0.05, 0) is 107 Å². The molecule has 2 aromatic carbocycles. The minimum atomic E-state index is -0.485. The molecule has 1 fully saturated rings. The summed E-state index contributed by atoms with van der Waals surface area (Å²) in [5.74, 6) is 0.925. The Kier molecular flexibility index (Phi) is 7.66. The highest BCUT2D eigenvalue weighted by molar-refractivity contribution is 5.92. The number of nitrogens with one attached hydrogen (secondary N) is 2. The van der Waals surface area contributed by atoms with Crippen molar-refractivity contribution in [1.29, 1.82) is 0 Å². The number of anilines is 1. The van der Waals surface area contributed by atoms with Gasteiger partial charge in [0.05, 0.1) is 29.4 Å². The number of hydrogen-bond acceptors (Lipinski definition) is 5. The van der Waals surface area contributed by atoms with Crippen LogP contribution in [-0.4, -0.2) is 33.8 Å². The van der Waals surface area contributed by atoms with Crippen molar-refractivity contribution < 1.29 is 13.9 Å². The Morgan fingerprint density at radius 3 is 2.69 bits per heavy atom. The minimum absolute atomic E-state index is 0.0914. The van der Waals surface area contributed by atoms with Crippen molar-refractivity contribution in [3.8, 4) is 11.5 Å². The van der Waals surface area contributed by atoms with E-state index in [9.17, 15) is 4.79 Å². The SMILES string of the molecule is Cc1cc(CC(=O)Nc2cnn(C(C)(C)C)c2)c(F)cc1Oc1ccnc2ccc(CC3CCNCC3)cc12. The van der Waals surface area contributed by atoms with Crippen molar-refractivity contribution in [2.45, 2.75) is 58.9 Å². The highest BCUT2D eigenvalue weighted by Gasteiger charge is 2.18. The highest BCUT2D eigenvalue weighted by Crippen LogP contribution is 2.33. The molecule has 0 saturated carbocycles. The lowest BCUT2D eigenvalue weighted by molar-refractivity contribution is -0.115. The molecule has 1 aliphatic rings. The number of aromatic nitrogens is 3. The van der Waals surface area contributed by atoms with Gasteiger partial charge in [0.15, 0.2) is 0 Å². The number of aryl methyl sites for hydroxylation is 1. The van der Waals surface area contributed by atoms with Crippen LogP contribution in [0.25, 0.3) is 10.9 Å². The molecule has 0 bridgehead atoms. The molecule has 0 radical (unpaired) electrons. The molecule has 4 aromatic rings. The van der Waals surface area contributed by atoms with Crippen LogP contribution in [-0.2, 0) is 23.2 Å². The molecule has 0 unspecified atom stereocenters. The molecular formula is C31H36FN5O2. The molecule has 204 valence electrons. The van der Waals surface area contributed by atoms with Gasteiger partial charge in [-0.3, -0.25) is 14.5 Å². The summed E-state index contributed by atoms with van der Waals surface area (Å²) in [5.41, 5.74) is 3.53. The van der Waals surface area contributed by atoms with E-state index < -0.39 is 5.82 Å². The Hall–Kier alpha value is -3.78. The smallest absolute Gasteiger partial charge is 0.228 e. The molecule has 0 spiro atoms. The number of nitrogens with zero attached hydrogens (tertiary/aromatic N) is 3. The van der Waals surface area contributed by atoms with Gasteiger partial charge >= 0.3 is 0 Å². The molecule has 39 heavy (non-hydrogen) atoms. The van der Waals surface area contributed by atoms with Crippen LogP contribution in [0.3, 0.4) is 0 Å². The van der Waals surface area contributed by atoms with Gasteiger partial charge in [0.2, 0.25) is 5.91 Å². The Balaban J connectivity index is 1.31. The third kappa shape index (κ3) is 6.45. The lowest BCUT2D eigenvalue weighted by Gasteiger charge is -2.22. The van der Waals surface area contributed by atoms with Crippen molar-refractivity contribution in [2.24, 2.45) is 5.92 Å². The third-order valence-corrected chi connectivity index (χ3v) is 7.22. The summed E-state index contributed by atoms with van der Waals surface area (Å²) < 4.78 is 23.2. The summed E-state index contributed by atoms with van der Waals surface area (Å²) in [7, 11) is 0. The second-order valence-electron chi connectivity index (χ2n) is 11.4. The molecular weight excluding hydrogens is 493 g/mol. The fraction of sp³-hybridized carbons (Fsp3) is 0.387. The van der Waals surface area contributed by atoms with Gasteiger partial charge in [-0.25, -0.2) is 4.39 Å². The molecule has 1 aliphatic heterocycles. The largest absolute Gasteiger partial charge is 0.456 e. The topological polar surface area (TPSA) is 81.1 Å². The number of pyridine rings is 1. The predicted molar refractivity (Wildman–Crippen MR) is 152 cm³/mol. The van der Waals surface area contributed by atoms with Gasteiger partial charge in [-0.2, -0.15) is 5.10 Å². The number of carbonyl (C=O) groups is 1. The first kappa shape index (κ1) is 26.8. The average Bonchev–Trinajstić information content (AvgIpc) is 3.37. The number of amides is 1. The van der Waals surface area contributed by atoms with Crippen LogP contribution in [0.2, 0.25) is 0 Å². The molecule has 2 aromatic heterocycles. The first-order chi connectivity index (χ1) is 18.7. The number of ether oxygens (including phenoxy) is 1. The molecule has 8 heteroatoms. The van der Waals surface area contributed by atoms with E-state index in [1.165, 1.54) is 24.5 Å². The second kappa shape index (κ2) is 11.1. The van der Waals surface area contributed by atoms with Crippen LogP contribution in [0, 0.1) is 18.7 Å². The highest BCUT2D eigenvalue weighted by atomic mass is 19.1. The Labute approximate surface area is 228 Å². The van der Waals surface area contributed by atoms with E-state index >= 15 is 4.39 Å². The first-order valence-electron chi connectivity index (χ1n) is 13.6. The van der Waals surface area contributed by atoms with E-state index in [1.54, 1.807) is 29.3 Å². The fourth-order valence-electron chi connectivity index (χ4n) is 5.02. The zero-order chi connectivity index (χ0) is 27.6. The van der Waals surface area contributed by atoms with Gasteiger partial charge in [-0.15, -0.1) is 0 Å². The van der Waals surface area contributed by atoms with Crippen molar-refractivity contribution in [3.63, 3.8) is 0 Å². The van der Waals surface area contributed by atoms with E-state index in [-0.39, 0.29) is 17.9 Å². The summed E-state index contributed by atoms with van der Waals surface area (Å²) in [6, 6.07) is 11.2. The standard InChI is InChI=1S/C31H36FN5O2/c1-20-13-23(16-30(38)36-24-18-35-37(19-24)31(2,3)4)26(32)17-29(20)39-28-9-12-34-27-6-5-22(15-25(27)28)14-21-7-10-33-11-8-21/h5-6,9,12-13,15,17-19,21,33H,7-8,10-11,14,16H2,1-4H3,(H,36,38). The molecule has 2 N–H and O–H groups in total. The number of fused-ring (bicyclic) bond motifs is 1.